The Bertz CT molecular complexity index is 1110. The molecule has 0 amide bonds. The van der Waals surface area contributed by atoms with Crippen LogP contribution in [0.25, 0.3) is 21.3 Å². The summed E-state index contributed by atoms with van der Waals surface area (Å²) in [5.74, 6) is 0.642. The number of para-hydroxylation sites is 1. The van der Waals surface area contributed by atoms with Crippen LogP contribution in [0.2, 0.25) is 0 Å². The molecule has 2 N–H and O–H groups in total. The van der Waals surface area contributed by atoms with Crippen molar-refractivity contribution in [1.82, 2.24) is 9.97 Å². The van der Waals surface area contributed by atoms with Crippen molar-refractivity contribution in [2.24, 2.45) is 0 Å². The molecule has 26 heavy (non-hydrogen) atoms. The number of nitrogens with zero attached hydrogens (tertiary/aromatic N) is 1. The number of aromatic amines is 1. The monoisotopic (exact) mass is 361 g/mol. The molecule has 0 fully saturated rings. The number of aryl methyl sites for hydroxylation is 2. The van der Waals surface area contributed by atoms with Crippen molar-refractivity contribution in [3.8, 4) is 11.1 Å². The average Bonchev–Trinajstić information content (AvgIpc) is 2.98. The molecule has 0 aliphatic heterocycles. The van der Waals surface area contributed by atoms with Crippen LogP contribution in [-0.4, -0.2) is 9.97 Å². The van der Waals surface area contributed by atoms with Crippen molar-refractivity contribution < 1.29 is 0 Å². The Morgan fingerprint density at radius 1 is 1.04 bits per heavy atom. The van der Waals surface area contributed by atoms with Crippen LogP contribution in [0.15, 0.2) is 59.4 Å². The predicted octanol–water partition coefficient (Wildman–Crippen LogP) is 4.88. The number of nitrogens with one attached hydrogen (secondary N) is 2. The third kappa shape index (κ3) is 3.13. The summed E-state index contributed by atoms with van der Waals surface area (Å²) in [5.41, 5.74) is 4.16. The Kier molecular flexibility index (Phi) is 4.31. The maximum Gasteiger partial charge on any atom is 0.260 e. The van der Waals surface area contributed by atoms with Crippen LogP contribution in [-0.2, 0) is 6.54 Å². The number of hydrogen-bond donors (Lipinski definition) is 2. The molecule has 2 aromatic heterocycles. The molecule has 0 aliphatic rings. The molecule has 0 bridgehead atoms. The molecule has 4 nitrogen and oxygen atoms in total. The van der Waals surface area contributed by atoms with E-state index in [-0.39, 0.29) is 5.56 Å². The SMILES string of the molecule is Cc1ccc(-c2c(C)sc3nc(CNc4ccccc4)[nH]c(=O)c23)cc1. The van der Waals surface area contributed by atoms with Gasteiger partial charge in [-0.2, -0.15) is 0 Å². The van der Waals surface area contributed by atoms with E-state index in [1.54, 1.807) is 11.3 Å². The van der Waals surface area contributed by atoms with E-state index < -0.39 is 0 Å². The van der Waals surface area contributed by atoms with E-state index in [9.17, 15) is 4.79 Å². The Labute approximate surface area is 155 Å². The second-order valence-electron chi connectivity index (χ2n) is 6.31. The number of benzene rings is 2. The highest BCUT2D eigenvalue weighted by Crippen LogP contribution is 2.35. The third-order valence-corrected chi connectivity index (χ3v) is 5.36. The van der Waals surface area contributed by atoms with Crippen molar-refractivity contribution in [3.63, 3.8) is 0 Å². The van der Waals surface area contributed by atoms with Gasteiger partial charge >= 0.3 is 0 Å². The Morgan fingerprint density at radius 3 is 2.50 bits per heavy atom. The zero-order valence-electron chi connectivity index (χ0n) is 14.7. The molecular weight excluding hydrogens is 342 g/mol. The van der Waals surface area contributed by atoms with Crippen LogP contribution >= 0.6 is 11.3 Å². The Morgan fingerprint density at radius 2 is 1.77 bits per heavy atom. The number of fused-ring (bicyclic) bond motifs is 1. The molecule has 0 spiro atoms. The lowest BCUT2D eigenvalue weighted by Crippen LogP contribution is -2.14. The van der Waals surface area contributed by atoms with Crippen molar-refractivity contribution in [2.75, 3.05) is 5.32 Å². The summed E-state index contributed by atoms with van der Waals surface area (Å²) in [4.78, 5) is 22.3. The first-order chi connectivity index (χ1) is 12.6. The number of aromatic nitrogens is 2. The molecule has 0 radical (unpaired) electrons. The molecule has 5 heteroatoms. The Hall–Kier alpha value is -2.92. The van der Waals surface area contributed by atoms with Gasteiger partial charge in [0.1, 0.15) is 10.7 Å². The largest absolute Gasteiger partial charge is 0.378 e. The summed E-state index contributed by atoms with van der Waals surface area (Å²) >= 11 is 1.57. The molecule has 4 aromatic rings. The van der Waals surface area contributed by atoms with Crippen molar-refractivity contribution in [1.29, 1.82) is 0 Å². The van der Waals surface area contributed by atoms with Gasteiger partial charge in [-0.05, 0) is 31.5 Å². The quantitative estimate of drug-likeness (QED) is 0.545. The van der Waals surface area contributed by atoms with Gasteiger partial charge in [0, 0.05) is 16.1 Å². The molecule has 130 valence electrons. The molecule has 0 unspecified atom stereocenters. The molecule has 2 aromatic carbocycles. The van der Waals surface area contributed by atoms with E-state index in [1.165, 1.54) is 5.56 Å². The van der Waals surface area contributed by atoms with Crippen molar-refractivity contribution in [2.45, 2.75) is 20.4 Å². The summed E-state index contributed by atoms with van der Waals surface area (Å²) in [6.07, 6.45) is 0. The first kappa shape index (κ1) is 16.5. The van der Waals surface area contributed by atoms with Gasteiger partial charge < -0.3 is 10.3 Å². The van der Waals surface area contributed by atoms with Crippen LogP contribution in [0, 0.1) is 13.8 Å². The minimum atomic E-state index is -0.0835. The van der Waals surface area contributed by atoms with Gasteiger partial charge in [-0.15, -0.1) is 11.3 Å². The molecule has 0 saturated heterocycles. The standard InChI is InChI=1S/C21H19N3OS/c1-13-8-10-15(11-9-13)18-14(2)26-21-19(18)20(25)23-17(24-21)12-22-16-6-4-3-5-7-16/h3-11,22H,12H2,1-2H3,(H,23,24,25). The van der Waals surface area contributed by atoms with Crippen LogP contribution in [0.5, 0.6) is 0 Å². The summed E-state index contributed by atoms with van der Waals surface area (Å²) < 4.78 is 0. The zero-order valence-corrected chi connectivity index (χ0v) is 15.5. The lowest BCUT2D eigenvalue weighted by atomic mass is 10.0. The van der Waals surface area contributed by atoms with E-state index in [4.69, 9.17) is 0 Å². The van der Waals surface area contributed by atoms with Crippen LogP contribution in [0.4, 0.5) is 5.69 Å². The van der Waals surface area contributed by atoms with Crippen LogP contribution < -0.4 is 10.9 Å². The summed E-state index contributed by atoms with van der Waals surface area (Å²) in [5, 5.41) is 3.96. The van der Waals surface area contributed by atoms with Crippen molar-refractivity contribution >= 4 is 27.2 Å². The summed E-state index contributed by atoms with van der Waals surface area (Å²) in [6.45, 7) is 4.58. The molecule has 0 saturated carbocycles. The first-order valence-corrected chi connectivity index (χ1v) is 9.32. The van der Waals surface area contributed by atoms with Gasteiger partial charge in [-0.25, -0.2) is 4.98 Å². The molecule has 0 aliphatic carbocycles. The average molecular weight is 361 g/mol. The zero-order chi connectivity index (χ0) is 18.1. The summed E-state index contributed by atoms with van der Waals surface area (Å²) in [7, 11) is 0. The highest BCUT2D eigenvalue weighted by atomic mass is 32.1. The lowest BCUT2D eigenvalue weighted by molar-refractivity contribution is 0.957. The Balaban J connectivity index is 1.72. The van der Waals surface area contributed by atoms with Crippen LogP contribution in [0.1, 0.15) is 16.3 Å². The van der Waals surface area contributed by atoms with E-state index in [0.717, 1.165) is 26.5 Å². The fraction of sp³-hybridized carbons (Fsp3) is 0.143. The van der Waals surface area contributed by atoms with Gasteiger partial charge in [0.2, 0.25) is 0 Å². The molecule has 0 atom stereocenters. The fourth-order valence-corrected chi connectivity index (χ4v) is 4.12. The van der Waals surface area contributed by atoms with E-state index >= 15 is 0 Å². The predicted molar refractivity (Wildman–Crippen MR) is 109 cm³/mol. The maximum absolute atomic E-state index is 12.8. The second kappa shape index (κ2) is 6.77. The molecular formula is C21H19N3OS. The maximum atomic E-state index is 12.8. The minimum Gasteiger partial charge on any atom is -0.378 e. The highest BCUT2D eigenvalue weighted by molar-refractivity contribution is 7.19. The molecule has 4 rings (SSSR count). The normalized spacial score (nSPS) is 11.0. The third-order valence-electron chi connectivity index (χ3n) is 4.36. The molecule has 2 heterocycles. The van der Waals surface area contributed by atoms with E-state index in [1.807, 2.05) is 37.3 Å². The highest BCUT2D eigenvalue weighted by Gasteiger charge is 2.16. The van der Waals surface area contributed by atoms with Gasteiger partial charge in [0.25, 0.3) is 5.56 Å². The van der Waals surface area contributed by atoms with Crippen LogP contribution in [0.3, 0.4) is 0 Å². The lowest BCUT2D eigenvalue weighted by Gasteiger charge is -2.06. The smallest absolute Gasteiger partial charge is 0.260 e. The number of H-pyrrole nitrogens is 1. The number of thiophene rings is 1. The van der Waals surface area contributed by atoms with Gasteiger partial charge in [0.05, 0.1) is 11.9 Å². The second-order valence-corrected chi connectivity index (χ2v) is 7.51. The van der Waals surface area contributed by atoms with E-state index in [2.05, 4.69) is 46.5 Å². The number of hydrogen-bond acceptors (Lipinski definition) is 4. The number of rotatable bonds is 4. The van der Waals surface area contributed by atoms with Gasteiger partial charge in [0.15, 0.2) is 0 Å². The number of anilines is 1. The van der Waals surface area contributed by atoms with Gasteiger partial charge in [-0.3, -0.25) is 4.79 Å². The van der Waals surface area contributed by atoms with Gasteiger partial charge in [-0.1, -0.05) is 48.0 Å². The first-order valence-electron chi connectivity index (χ1n) is 8.50. The van der Waals surface area contributed by atoms with Crippen molar-refractivity contribution in [3.05, 3.63) is 81.2 Å². The fourth-order valence-electron chi connectivity index (χ4n) is 3.06. The summed E-state index contributed by atoms with van der Waals surface area (Å²) in [6, 6.07) is 18.1. The van der Waals surface area contributed by atoms with E-state index in [0.29, 0.717) is 17.8 Å². The topological polar surface area (TPSA) is 57.8 Å². The minimum absolute atomic E-state index is 0.0835.